The summed E-state index contributed by atoms with van der Waals surface area (Å²) in [6.45, 7) is 0.223. The topological polar surface area (TPSA) is 73.3 Å². The van der Waals surface area contributed by atoms with E-state index in [-0.39, 0.29) is 19.1 Å². The standard InChI is InChI=1S/C17H13N3O3S/c21-16(8-11-4-5-14-15(7-11)23-10-22-14)20-17-19-13(9-24-17)12-3-1-2-6-18-12/h1-7,9H,8,10H2,(H,19,20,21). The van der Waals surface area contributed by atoms with Gasteiger partial charge >= 0.3 is 0 Å². The predicted octanol–water partition coefficient (Wildman–Crippen LogP) is 3.12. The summed E-state index contributed by atoms with van der Waals surface area (Å²) < 4.78 is 10.6. The van der Waals surface area contributed by atoms with Crippen LogP contribution in [0.3, 0.4) is 0 Å². The fourth-order valence-corrected chi connectivity index (χ4v) is 3.08. The van der Waals surface area contributed by atoms with Crippen LogP contribution >= 0.6 is 11.3 Å². The molecular formula is C17H13N3O3S. The van der Waals surface area contributed by atoms with Gasteiger partial charge in [0, 0.05) is 11.6 Å². The SMILES string of the molecule is O=C(Cc1ccc2c(c1)OCO2)Nc1nc(-c2ccccn2)cs1. The van der Waals surface area contributed by atoms with E-state index in [0.717, 1.165) is 17.0 Å². The molecule has 0 radical (unpaired) electrons. The Morgan fingerprint density at radius 1 is 1.17 bits per heavy atom. The predicted molar refractivity (Wildman–Crippen MR) is 90.2 cm³/mol. The van der Waals surface area contributed by atoms with Crippen molar-refractivity contribution in [3.63, 3.8) is 0 Å². The van der Waals surface area contributed by atoms with Gasteiger partial charge in [-0.3, -0.25) is 9.78 Å². The molecule has 1 aliphatic rings. The normalized spacial score (nSPS) is 12.2. The molecule has 0 fully saturated rings. The fraction of sp³-hybridized carbons (Fsp3) is 0.118. The van der Waals surface area contributed by atoms with E-state index in [0.29, 0.717) is 16.6 Å². The third kappa shape index (κ3) is 3.07. The molecule has 1 amide bonds. The Kier molecular flexibility index (Phi) is 3.84. The zero-order chi connectivity index (χ0) is 16.4. The van der Waals surface area contributed by atoms with Gasteiger partial charge in [0.2, 0.25) is 12.7 Å². The molecule has 0 atom stereocenters. The second-order valence-corrected chi connectivity index (χ2v) is 6.02. The largest absolute Gasteiger partial charge is 0.454 e. The zero-order valence-electron chi connectivity index (χ0n) is 12.6. The van der Waals surface area contributed by atoms with Crippen molar-refractivity contribution >= 4 is 22.4 Å². The van der Waals surface area contributed by atoms with Crippen LogP contribution in [0, 0.1) is 0 Å². The maximum atomic E-state index is 12.2. The molecule has 0 saturated heterocycles. The molecule has 1 aromatic carbocycles. The van der Waals surface area contributed by atoms with Gasteiger partial charge in [-0.2, -0.15) is 0 Å². The van der Waals surface area contributed by atoms with Gasteiger partial charge in [-0.05, 0) is 29.8 Å². The highest BCUT2D eigenvalue weighted by Crippen LogP contribution is 2.32. The first-order valence-electron chi connectivity index (χ1n) is 7.33. The Bertz CT molecular complexity index is 880. The second-order valence-electron chi connectivity index (χ2n) is 5.17. The Morgan fingerprint density at radius 3 is 2.96 bits per heavy atom. The average Bonchev–Trinajstić information content (AvgIpc) is 3.24. The smallest absolute Gasteiger partial charge is 0.231 e. The monoisotopic (exact) mass is 339 g/mol. The number of nitrogens with zero attached hydrogens (tertiary/aromatic N) is 2. The van der Waals surface area contributed by atoms with Crippen molar-refractivity contribution in [2.75, 3.05) is 12.1 Å². The molecule has 4 rings (SSSR count). The minimum atomic E-state index is -0.129. The number of fused-ring (bicyclic) bond motifs is 1. The number of aromatic nitrogens is 2. The molecule has 1 N–H and O–H groups in total. The number of amides is 1. The van der Waals surface area contributed by atoms with Crippen molar-refractivity contribution in [1.82, 2.24) is 9.97 Å². The first kappa shape index (κ1) is 14.6. The van der Waals surface area contributed by atoms with Gasteiger partial charge in [0.15, 0.2) is 16.6 Å². The minimum Gasteiger partial charge on any atom is -0.454 e. The van der Waals surface area contributed by atoms with Crippen LogP contribution in [0.2, 0.25) is 0 Å². The number of carbonyl (C=O) groups is 1. The Morgan fingerprint density at radius 2 is 2.08 bits per heavy atom. The number of benzene rings is 1. The second kappa shape index (κ2) is 6.29. The molecule has 2 aromatic heterocycles. The van der Waals surface area contributed by atoms with Crippen LogP contribution in [0.25, 0.3) is 11.4 Å². The number of thiazole rings is 1. The van der Waals surface area contributed by atoms with E-state index in [1.165, 1.54) is 11.3 Å². The quantitative estimate of drug-likeness (QED) is 0.790. The molecule has 1 aliphatic heterocycles. The van der Waals surface area contributed by atoms with Crippen LogP contribution in [-0.4, -0.2) is 22.7 Å². The number of anilines is 1. The molecule has 0 unspecified atom stereocenters. The summed E-state index contributed by atoms with van der Waals surface area (Å²) in [5, 5.41) is 5.25. The highest BCUT2D eigenvalue weighted by molar-refractivity contribution is 7.14. The van der Waals surface area contributed by atoms with Crippen LogP contribution in [0.15, 0.2) is 48.0 Å². The Hall–Kier alpha value is -2.93. The maximum absolute atomic E-state index is 12.2. The average molecular weight is 339 g/mol. The number of pyridine rings is 1. The molecule has 24 heavy (non-hydrogen) atoms. The molecule has 3 heterocycles. The third-order valence-corrected chi connectivity index (χ3v) is 4.24. The molecule has 0 spiro atoms. The van der Waals surface area contributed by atoms with Gasteiger partial charge in [0.25, 0.3) is 0 Å². The summed E-state index contributed by atoms with van der Waals surface area (Å²) in [6, 6.07) is 11.1. The number of nitrogens with one attached hydrogen (secondary N) is 1. The third-order valence-electron chi connectivity index (χ3n) is 3.48. The highest BCUT2D eigenvalue weighted by Gasteiger charge is 2.15. The lowest BCUT2D eigenvalue weighted by Crippen LogP contribution is -2.14. The van der Waals surface area contributed by atoms with Gasteiger partial charge in [-0.25, -0.2) is 4.98 Å². The number of ether oxygens (including phenoxy) is 2. The van der Waals surface area contributed by atoms with E-state index in [4.69, 9.17) is 9.47 Å². The number of hydrogen-bond donors (Lipinski definition) is 1. The van der Waals surface area contributed by atoms with Crippen molar-refractivity contribution < 1.29 is 14.3 Å². The van der Waals surface area contributed by atoms with Gasteiger partial charge in [-0.15, -0.1) is 11.3 Å². The van der Waals surface area contributed by atoms with E-state index >= 15 is 0 Å². The van der Waals surface area contributed by atoms with Gasteiger partial charge in [-0.1, -0.05) is 12.1 Å². The van der Waals surface area contributed by atoms with E-state index in [9.17, 15) is 4.79 Å². The van der Waals surface area contributed by atoms with E-state index in [1.807, 2.05) is 41.8 Å². The first-order chi connectivity index (χ1) is 11.8. The lowest BCUT2D eigenvalue weighted by molar-refractivity contribution is -0.115. The molecule has 0 saturated carbocycles. The summed E-state index contributed by atoms with van der Waals surface area (Å²) in [4.78, 5) is 20.8. The first-order valence-corrected chi connectivity index (χ1v) is 8.21. The summed E-state index contributed by atoms with van der Waals surface area (Å²) in [6.07, 6.45) is 1.96. The zero-order valence-corrected chi connectivity index (χ0v) is 13.4. The van der Waals surface area contributed by atoms with Crippen LogP contribution in [0.1, 0.15) is 5.56 Å². The van der Waals surface area contributed by atoms with Gasteiger partial charge in [0.1, 0.15) is 5.69 Å². The molecule has 6 nitrogen and oxygen atoms in total. The lowest BCUT2D eigenvalue weighted by atomic mass is 10.1. The Labute approximate surface area is 142 Å². The minimum absolute atomic E-state index is 0.129. The molecule has 0 aliphatic carbocycles. The van der Waals surface area contributed by atoms with Crippen molar-refractivity contribution in [3.8, 4) is 22.9 Å². The van der Waals surface area contributed by atoms with Crippen LogP contribution < -0.4 is 14.8 Å². The van der Waals surface area contributed by atoms with Crippen molar-refractivity contribution in [3.05, 3.63) is 53.5 Å². The van der Waals surface area contributed by atoms with Gasteiger partial charge < -0.3 is 14.8 Å². The van der Waals surface area contributed by atoms with Crippen molar-refractivity contribution in [1.29, 1.82) is 0 Å². The number of hydrogen-bond acceptors (Lipinski definition) is 6. The Balaban J connectivity index is 1.42. The van der Waals surface area contributed by atoms with Crippen LogP contribution in [0.5, 0.6) is 11.5 Å². The summed E-state index contributed by atoms with van der Waals surface area (Å²) in [5.74, 6) is 1.25. The summed E-state index contributed by atoms with van der Waals surface area (Å²) in [7, 11) is 0. The van der Waals surface area contributed by atoms with E-state index in [2.05, 4.69) is 15.3 Å². The van der Waals surface area contributed by atoms with Crippen molar-refractivity contribution in [2.45, 2.75) is 6.42 Å². The number of carbonyl (C=O) groups excluding carboxylic acids is 1. The van der Waals surface area contributed by atoms with E-state index < -0.39 is 0 Å². The van der Waals surface area contributed by atoms with Crippen LogP contribution in [-0.2, 0) is 11.2 Å². The maximum Gasteiger partial charge on any atom is 0.231 e. The molecule has 0 bridgehead atoms. The fourth-order valence-electron chi connectivity index (χ4n) is 2.36. The van der Waals surface area contributed by atoms with Crippen molar-refractivity contribution in [2.24, 2.45) is 0 Å². The molecule has 7 heteroatoms. The molecule has 3 aromatic rings. The van der Waals surface area contributed by atoms with Crippen LogP contribution in [0.4, 0.5) is 5.13 Å². The van der Waals surface area contributed by atoms with Gasteiger partial charge in [0.05, 0.1) is 12.1 Å². The molecular weight excluding hydrogens is 326 g/mol. The highest BCUT2D eigenvalue weighted by atomic mass is 32.1. The lowest BCUT2D eigenvalue weighted by Gasteiger charge is -2.03. The summed E-state index contributed by atoms with van der Waals surface area (Å²) in [5.41, 5.74) is 2.39. The molecule has 120 valence electrons. The summed E-state index contributed by atoms with van der Waals surface area (Å²) >= 11 is 1.38. The van der Waals surface area contributed by atoms with E-state index in [1.54, 1.807) is 6.20 Å². The number of rotatable bonds is 4.